The third-order valence-corrected chi connectivity index (χ3v) is 5.30. The van der Waals surface area contributed by atoms with Crippen molar-refractivity contribution < 1.29 is 9.18 Å². The molecule has 0 saturated heterocycles. The molecule has 0 atom stereocenters. The molecule has 1 amide bonds. The number of amides is 1. The Morgan fingerprint density at radius 2 is 1.90 bits per heavy atom. The Kier molecular flexibility index (Phi) is 6.01. The van der Waals surface area contributed by atoms with Gasteiger partial charge in [-0.05, 0) is 43.9 Å². The molecule has 9 heteroatoms. The van der Waals surface area contributed by atoms with E-state index >= 15 is 0 Å². The minimum absolute atomic E-state index is 0.0163. The molecule has 2 N–H and O–H groups in total. The van der Waals surface area contributed by atoms with Crippen LogP contribution in [0.3, 0.4) is 0 Å². The number of nitrogens with zero attached hydrogens (tertiary/aromatic N) is 4. The van der Waals surface area contributed by atoms with Crippen LogP contribution in [0.4, 0.5) is 10.3 Å². The molecule has 0 radical (unpaired) electrons. The van der Waals surface area contributed by atoms with E-state index in [9.17, 15) is 14.0 Å². The topological polar surface area (TPSA) is 102 Å². The molecule has 3 aromatic heterocycles. The number of rotatable bonds is 5. The van der Waals surface area contributed by atoms with Gasteiger partial charge >= 0.3 is 0 Å². The minimum atomic E-state index is -0.558. The molecule has 1 fully saturated rings. The van der Waals surface area contributed by atoms with Crippen LogP contribution in [0.15, 0.2) is 53.7 Å². The van der Waals surface area contributed by atoms with Crippen LogP contribution in [-0.4, -0.2) is 37.5 Å². The number of anilines is 1. The molecular formula is C22H23FN6O2. The molecule has 3 heterocycles. The summed E-state index contributed by atoms with van der Waals surface area (Å²) >= 11 is 0. The van der Waals surface area contributed by atoms with Crippen LogP contribution in [0.5, 0.6) is 0 Å². The van der Waals surface area contributed by atoms with Crippen LogP contribution in [0.25, 0.3) is 17.1 Å². The third-order valence-electron chi connectivity index (χ3n) is 5.30. The number of nitrogens with one attached hydrogen (secondary N) is 2. The molecule has 1 aliphatic rings. The summed E-state index contributed by atoms with van der Waals surface area (Å²) in [6, 6.07) is 8.41. The monoisotopic (exact) mass is 422 g/mol. The van der Waals surface area contributed by atoms with Gasteiger partial charge in [0, 0.05) is 43.0 Å². The zero-order chi connectivity index (χ0) is 21.8. The first-order valence-electron chi connectivity index (χ1n) is 10.2. The van der Waals surface area contributed by atoms with E-state index < -0.39 is 5.82 Å². The number of pyridine rings is 2. The molecule has 160 valence electrons. The van der Waals surface area contributed by atoms with Gasteiger partial charge < -0.3 is 10.6 Å². The SMILES string of the molecule is CC(=O)NC1CCC(Nc2ncc(F)c(-c3ccnc(-n4ccccc4=O)c3)n2)CC1. The number of aromatic nitrogens is 4. The van der Waals surface area contributed by atoms with Crippen LogP contribution in [0.1, 0.15) is 32.6 Å². The first-order chi connectivity index (χ1) is 15.0. The molecule has 1 aliphatic carbocycles. The van der Waals surface area contributed by atoms with Crippen molar-refractivity contribution in [1.82, 2.24) is 24.8 Å². The first kappa shape index (κ1) is 20.6. The Morgan fingerprint density at radius 3 is 2.65 bits per heavy atom. The second-order valence-corrected chi connectivity index (χ2v) is 7.60. The van der Waals surface area contributed by atoms with Gasteiger partial charge in [0.05, 0.1) is 6.20 Å². The smallest absolute Gasteiger partial charge is 0.256 e. The van der Waals surface area contributed by atoms with E-state index in [1.54, 1.807) is 30.5 Å². The summed E-state index contributed by atoms with van der Waals surface area (Å²) in [4.78, 5) is 36.0. The quantitative estimate of drug-likeness (QED) is 0.656. The number of carbonyl (C=O) groups is 1. The van der Waals surface area contributed by atoms with Gasteiger partial charge in [-0.2, -0.15) is 0 Å². The normalized spacial score (nSPS) is 18.4. The van der Waals surface area contributed by atoms with Crippen molar-refractivity contribution in [3.05, 3.63) is 65.1 Å². The summed E-state index contributed by atoms with van der Waals surface area (Å²) in [5.74, 6) is 0.149. The van der Waals surface area contributed by atoms with Gasteiger partial charge in [0.1, 0.15) is 11.5 Å². The van der Waals surface area contributed by atoms with Crippen molar-refractivity contribution >= 4 is 11.9 Å². The number of halogens is 1. The lowest BCUT2D eigenvalue weighted by Crippen LogP contribution is -2.39. The van der Waals surface area contributed by atoms with Crippen LogP contribution >= 0.6 is 0 Å². The van der Waals surface area contributed by atoms with Gasteiger partial charge in [-0.3, -0.25) is 14.2 Å². The molecule has 0 aromatic carbocycles. The van der Waals surface area contributed by atoms with E-state index in [1.807, 2.05) is 0 Å². The maximum absolute atomic E-state index is 14.5. The van der Waals surface area contributed by atoms with Crippen molar-refractivity contribution in [2.45, 2.75) is 44.7 Å². The highest BCUT2D eigenvalue weighted by Gasteiger charge is 2.22. The highest BCUT2D eigenvalue weighted by Crippen LogP contribution is 2.25. The highest BCUT2D eigenvalue weighted by molar-refractivity contribution is 5.73. The predicted molar refractivity (Wildman–Crippen MR) is 114 cm³/mol. The molecule has 1 saturated carbocycles. The van der Waals surface area contributed by atoms with E-state index in [2.05, 4.69) is 25.6 Å². The summed E-state index contributed by atoms with van der Waals surface area (Å²) in [6.07, 6.45) is 7.71. The van der Waals surface area contributed by atoms with Crippen LogP contribution in [-0.2, 0) is 4.79 Å². The maximum atomic E-state index is 14.5. The predicted octanol–water partition coefficient (Wildman–Crippen LogP) is 2.69. The number of hydrogen-bond donors (Lipinski definition) is 2. The van der Waals surface area contributed by atoms with Gasteiger partial charge in [0.15, 0.2) is 5.82 Å². The molecule has 3 aromatic rings. The molecule has 0 aliphatic heterocycles. The Hall–Kier alpha value is -3.62. The summed E-state index contributed by atoms with van der Waals surface area (Å²) in [6.45, 7) is 1.52. The summed E-state index contributed by atoms with van der Waals surface area (Å²) in [5, 5.41) is 6.22. The van der Waals surface area contributed by atoms with Crippen molar-refractivity contribution in [1.29, 1.82) is 0 Å². The second kappa shape index (κ2) is 9.03. The summed E-state index contributed by atoms with van der Waals surface area (Å²) < 4.78 is 15.9. The van der Waals surface area contributed by atoms with Crippen LogP contribution < -0.4 is 16.2 Å². The van der Waals surface area contributed by atoms with Crippen molar-refractivity contribution in [3.63, 3.8) is 0 Å². The van der Waals surface area contributed by atoms with Crippen LogP contribution in [0, 0.1) is 5.82 Å². The standard InChI is InChI=1S/C22H23FN6O2/c1-14(30)26-16-5-7-17(8-6-16)27-22-25-13-18(23)21(28-22)15-9-10-24-19(12-15)29-11-3-2-4-20(29)31/h2-4,9-13,16-17H,5-8H2,1H3,(H,26,30)(H,25,27,28). The Bertz CT molecular complexity index is 1140. The Morgan fingerprint density at radius 1 is 1.13 bits per heavy atom. The van der Waals surface area contributed by atoms with Gasteiger partial charge in [-0.1, -0.05) is 6.07 Å². The lowest BCUT2D eigenvalue weighted by Gasteiger charge is -2.29. The molecular weight excluding hydrogens is 399 g/mol. The van der Waals surface area contributed by atoms with Gasteiger partial charge in [0.25, 0.3) is 5.56 Å². The van der Waals surface area contributed by atoms with Crippen molar-refractivity contribution in [3.8, 4) is 17.1 Å². The molecule has 4 rings (SSSR count). The summed E-state index contributed by atoms with van der Waals surface area (Å²) in [7, 11) is 0. The fourth-order valence-corrected chi connectivity index (χ4v) is 3.81. The van der Waals surface area contributed by atoms with Gasteiger partial charge in [-0.25, -0.2) is 19.3 Å². The maximum Gasteiger partial charge on any atom is 0.256 e. The average Bonchev–Trinajstić information content (AvgIpc) is 2.76. The fourth-order valence-electron chi connectivity index (χ4n) is 3.81. The molecule has 0 bridgehead atoms. The van der Waals surface area contributed by atoms with E-state index in [0.29, 0.717) is 17.3 Å². The molecule has 31 heavy (non-hydrogen) atoms. The largest absolute Gasteiger partial charge is 0.354 e. The average molecular weight is 422 g/mol. The van der Waals surface area contributed by atoms with Crippen LogP contribution in [0.2, 0.25) is 0 Å². The molecule has 0 unspecified atom stereocenters. The number of hydrogen-bond acceptors (Lipinski definition) is 6. The Balaban J connectivity index is 1.53. The highest BCUT2D eigenvalue weighted by atomic mass is 19.1. The minimum Gasteiger partial charge on any atom is -0.354 e. The van der Waals surface area contributed by atoms with E-state index in [-0.39, 0.29) is 29.2 Å². The van der Waals surface area contributed by atoms with Gasteiger partial charge in [0.2, 0.25) is 11.9 Å². The number of carbonyl (C=O) groups excluding carboxylic acids is 1. The lowest BCUT2D eigenvalue weighted by molar-refractivity contribution is -0.119. The summed E-state index contributed by atoms with van der Waals surface area (Å²) in [5.41, 5.74) is 0.405. The first-order valence-corrected chi connectivity index (χ1v) is 10.2. The third kappa shape index (κ3) is 4.93. The zero-order valence-electron chi connectivity index (χ0n) is 17.1. The van der Waals surface area contributed by atoms with E-state index in [1.165, 1.54) is 23.8 Å². The van der Waals surface area contributed by atoms with Crippen molar-refractivity contribution in [2.24, 2.45) is 0 Å². The Labute approximate surface area is 178 Å². The lowest BCUT2D eigenvalue weighted by atomic mass is 9.91. The molecule has 8 nitrogen and oxygen atoms in total. The van der Waals surface area contributed by atoms with Gasteiger partial charge in [-0.15, -0.1) is 0 Å². The second-order valence-electron chi connectivity index (χ2n) is 7.60. The zero-order valence-corrected chi connectivity index (χ0v) is 17.1. The van der Waals surface area contributed by atoms with E-state index in [4.69, 9.17) is 0 Å². The fraction of sp³-hybridized carbons (Fsp3) is 0.318. The van der Waals surface area contributed by atoms with Crippen molar-refractivity contribution in [2.75, 3.05) is 5.32 Å². The van der Waals surface area contributed by atoms with E-state index in [0.717, 1.165) is 31.9 Å². The molecule has 0 spiro atoms.